The number of aromatic nitrogens is 1. The number of carbonyl (C=O) groups is 1. The second-order valence-electron chi connectivity index (χ2n) is 8.91. The summed E-state index contributed by atoms with van der Waals surface area (Å²) in [5.74, 6) is 0.726. The molecule has 7 nitrogen and oxygen atoms in total. The first kappa shape index (κ1) is 29.3. The molecule has 1 atom stereocenters. The Morgan fingerprint density at radius 1 is 1.31 bits per heavy atom. The van der Waals surface area contributed by atoms with Crippen LogP contribution in [0.15, 0.2) is 74.6 Å². The van der Waals surface area contributed by atoms with Crippen LogP contribution in [-0.2, 0) is 9.53 Å². The van der Waals surface area contributed by atoms with Crippen molar-refractivity contribution in [3.63, 3.8) is 0 Å². The minimum atomic E-state index is -0.767. The van der Waals surface area contributed by atoms with Gasteiger partial charge in [-0.2, -0.15) is 0 Å². The molecule has 1 aliphatic heterocycles. The van der Waals surface area contributed by atoms with Crippen molar-refractivity contribution >= 4 is 61.9 Å². The van der Waals surface area contributed by atoms with Gasteiger partial charge in [-0.15, -0.1) is 0 Å². The SMILES string of the molecule is C=CCOc1c(I)cc(Br)cc1/C=c1\sc2n(c1=O)[C@@H](c1ccccc1OC(C)C)C(C(=O)OCC)=C(C)N=2. The largest absolute Gasteiger partial charge is 0.491 e. The smallest absolute Gasteiger partial charge is 0.338 e. The monoisotopic (exact) mass is 722 g/mol. The molecule has 0 fully saturated rings. The molecule has 10 heteroatoms. The number of hydrogen-bond donors (Lipinski definition) is 0. The van der Waals surface area contributed by atoms with Gasteiger partial charge < -0.3 is 14.2 Å². The molecule has 2 aromatic carbocycles. The Kier molecular flexibility index (Phi) is 9.50. The van der Waals surface area contributed by atoms with E-state index in [4.69, 9.17) is 14.2 Å². The lowest BCUT2D eigenvalue weighted by molar-refractivity contribution is -0.139. The third-order valence-corrected chi connectivity index (χ3v) is 8.00. The molecular weight excluding hydrogens is 695 g/mol. The van der Waals surface area contributed by atoms with Crippen LogP contribution in [-0.4, -0.2) is 29.9 Å². The van der Waals surface area contributed by atoms with Crippen LogP contribution in [0.1, 0.15) is 44.9 Å². The lowest BCUT2D eigenvalue weighted by Crippen LogP contribution is -2.40. The van der Waals surface area contributed by atoms with Gasteiger partial charge in [0.2, 0.25) is 0 Å². The lowest BCUT2D eigenvalue weighted by atomic mass is 9.95. The highest BCUT2D eigenvalue weighted by molar-refractivity contribution is 14.1. The molecule has 0 amide bonds. The standard InChI is InChI=1S/C29H28BrIN2O5S/c1-6-12-37-26-18(13-19(30)15-21(26)31)14-23-27(34)33-25(20-10-8-9-11-22(20)38-16(3)4)24(28(35)36-7-2)17(5)32-29(33)39-23/h6,8-11,13-16,25H,1,7,12H2,2-5H3/b23-14-/t25-/m0/s1. The van der Waals surface area contributed by atoms with Crippen molar-refractivity contribution in [2.75, 3.05) is 13.2 Å². The molecule has 1 aliphatic rings. The molecule has 0 saturated heterocycles. The number of allylic oxidation sites excluding steroid dienone is 1. The quantitative estimate of drug-likeness (QED) is 0.165. The maximum absolute atomic E-state index is 14.1. The van der Waals surface area contributed by atoms with Gasteiger partial charge in [0.25, 0.3) is 5.56 Å². The molecule has 0 radical (unpaired) electrons. The van der Waals surface area contributed by atoms with E-state index in [2.05, 4.69) is 50.1 Å². The van der Waals surface area contributed by atoms with Crippen LogP contribution < -0.4 is 24.4 Å². The fraction of sp³-hybridized carbons (Fsp3) is 0.276. The molecular formula is C29H28BrIN2O5S. The van der Waals surface area contributed by atoms with Gasteiger partial charge in [0, 0.05) is 15.6 Å². The minimum absolute atomic E-state index is 0.105. The number of fused-ring (bicyclic) bond motifs is 1. The van der Waals surface area contributed by atoms with Gasteiger partial charge in [-0.05, 0) is 74.6 Å². The highest BCUT2D eigenvalue weighted by Crippen LogP contribution is 2.36. The predicted octanol–water partition coefficient (Wildman–Crippen LogP) is 5.52. The van der Waals surface area contributed by atoms with E-state index in [0.29, 0.717) is 44.3 Å². The van der Waals surface area contributed by atoms with Crippen molar-refractivity contribution < 1.29 is 19.0 Å². The number of esters is 1. The first-order chi connectivity index (χ1) is 18.7. The Hall–Kier alpha value is -2.70. The van der Waals surface area contributed by atoms with E-state index >= 15 is 0 Å². The highest BCUT2D eigenvalue weighted by Gasteiger charge is 2.35. The van der Waals surface area contributed by atoms with E-state index in [0.717, 1.165) is 13.6 Å². The molecule has 0 aliphatic carbocycles. The molecule has 0 spiro atoms. The number of rotatable bonds is 9. The number of halogens is 2. The Bertz CT molecular complexity index is 1640. The van der Waals surface area contributed by atoms with Crippen molar-refractivity contribution in [3.05, 3.63) is 99.2 Å². The zero-order chi connectivity index (χ0) is 28.3. The van der Waals surface area contributed by atoms with E-state index in [1.165, 1.54) is 11.3 Å². The van der Waals surface area contributed by atoms with Gasteiger partial charge in [0.15, 0.2) is 4.80 Å². The van der Waals surface area contributed by atoms with Crippen molar-refractivity contribution in [1.29, 1.82) is 0 Å². The van der Waals surface area contributed by atoms with Crippen LogP contribution in [0.5, 0.6) is 11.5 Å². The average molecular weight is 723 g/mol. The Morgan fingerprint density at radius 2 is 2.05 bits per heavy atom. The second-order valence-corrected chi connectivity index (χ2v) is 12.0. The summed E-state index contributed by atoms with van der Waals surface area (Å²) in [7, 11) is 0. The molecule has 204 valence electrons. The highest BCUT2D eigenvalue weighted by atomic mass is 127. The summed E-state index contributed by atoms with van der Waals surface area (Å²) < 4.78 is 21.2. The average Bonchev–Trinajstić information content (AvgIpc) is 3.17. The summed E-state index contributed by atoms with van der Waals surface area (Å²) in [5, 5.41) is 0. The van der Waals surface area contributed by atoms with Crippen molar-refractivity contribution in [2.45, 2.75) is 39.8 Å². The van der Waals surface area contributed by atoms with E-state index in [1.807, 2.05) is 50.2 Å². The molecule has 0 N–H and O–H groups in total. The molecule has 0 unspecified atom stereocenters. The number of carbonyl (C=O) groups excluding carboxylic acids is 1. The lowest BCUT2D eigenvalue weighted by Gasteiger charge is -2.26. The Morgan fingerprint density at radius 3 is 2.74 bits per heavy atom. The zero-order valence-corrected chi connectivity index (χ0v) is 26.6. The maximum Gasteiger partial charge on any atom is 0.338 e. The fourth-order valence-corrected chi connectivity index (χ4v) is 7.02. The van der Waals surface area contributed by atoms with E-state index < -0.39 is 12.0 Å². The summed E-state index contributed by atoms with van der Waals surface area (Å²) in [6.07, 6.45) is 3.37. The zero-order valence-electron chi connectivity index (χ0n) is 22.0. The van der Waals surface area contributed by atoms with Gasteiger partial charge in [0.1, 0.15) is 24.1 Å². The Balaban J connectivity index is 1.99. The van der Waals surface area contributed by atoms with Gasteiger partial charge in [-0.25, -0.2) is 9.79 Å². The summed E-state index contributed by atoms with van der Waals surface area (Å²) in [5.41, 5.74) is 1.95. The summed E-state index contributed by atoms with van der Waals surface area (Å²) in [4.78, 5) is 32.4. The number of hydrogen-bond acceptors (Lipinski definition) is 7. The number of benzene rings is 2. The molecule has 3 aromatic rings. The van der Waals surface area contributed by atoms with Crippen LogP contribution in [0.4, 0.5) is 0 Å². The van der Waals surface area contributed by atoms with Gasteiger partial charge >= 0.3 is 5.97 Å². The third kappa shape index (κ3) is 6.22. The molecule has 0 bridgehead atoms. The summed E-state index contributed by atoms with van der Waals surface area (Å²) in [6.45, 7) is 11.6. The van der Waals surface area contributed by atoms with Crippen molar-refractivity contribution in [2.24, 2.45) is 4.99 Å². The molecule has 1 aromatic heterocycles. The van der Waals surface area contributed by atoms with Gasteiger partial charge in [-0.1, -0.05) is 58.1 Å². The number of thiazole rings is 1. The van der Waals surface area contributed by atoms with Gasteiger partial charge in [-0.3, -0.25) is 9.36 Å². The van der Waals surface area contributed by atoms with E-state index in [1.54, 1.807) is 30.6 Å². The second kappa shape index (κ2) is 12.6. The van der Waals surface area contributed by atoms with Gasteiger partial charge in [0.05, 0.1) is 32.1 Å². The van der Waals surface area contributed by atoms with Crippen molar-refractivity contribution in [1.82, 2.24) is 4.57 Å². The minimum Gasteiger partial charge on any atom is -0.491 e. The van der Waals surface area contributed by atoms with Crippen LogP contribution in [0.25, 0.3) is 6.08 Å². The number of nitrogens with zero attached hydrogens (tertiary/aromatic N) is 2. The van der Waals surface area contributed by atoms with Crippen LogP contribution >= 0.6 is 49.9 Å². The first-order valence-electron chi connectivity index (χ1n) is 12.3. The molecule has 39 heavy (non-hydrogen) atoms. The predicted molar refractivity (Wildman–Crippen MR) is 165 cm³/mol. The number of para-hydroxylation sites is 1. The van der Waals surface area contributed by atoms with E-state index in [-0.39, 0.29) is 18.3 Å². The maximum atomic E-state index is 14.1. The fourth-order valence-electron chi connectivity index (χ4n) is 4.28. The van der Waals surface area contributed by atoms with Crippen molar-refractivity contribution in [3.8, 4) is 11.5 Å². The summed E-state index contributed by atoms with van der Waals surface area (Å²) >= 11 is 7.01. The first-order valence-corrected chi connectivity index (χ1v) is 15.0. The normalized spacial score (nSPS) is 15.2. The molecule has 4 rings (SSSR count). The topological polar surface area (TPSA) is 79.1 Å². The van der Waals surface area contributed by atoms with Crippen LogP contribution in [0.3, 0.4) is 0 Å². The van der Waals surface area contributed by atoms with Crippen LogP contribution in [0.2, 0.25) is 0 Å². The Labute approximate surface area is 252 Å². The molecule has 0 saturated carbocycles. The summed E-state index contributed by atoms with van der Waals surface area (Å²) in [6, 6.07) is 10.5. The van der Waals surface area contributed by atoms with E-state index in [9.17, 15) is 9.59 Å². The van der Waals surface area contributed by atoms with Crippen LogP contribution in [0, 0.1) is 3.57 Å². The number of ether oxygens (including phenoxy) is 3. The third-order valence-electron chi connectivity index (χ3n) is 5.76. The molecule has 2 heterocycles.